The third kappa shape index (κ3) is 3.64. The van der Waals surface area contributed by atoms with Crippen molar-refractivity contribution in [2.75, 3.05) is 0 Å². The molecule has 0 amide bonds. The molecule has 0 aromatic rings. The van der Waals surface area contributed by atoms with Gasteiger partial charge >= 0.3 is 0 Å². The minimum atomic E-state index is 0.211. The summed E-state index contributed by atoms with van der Waals surface area (Å²) < 4.78 is 0. The lowest BCUT2D eigenvalue weighted by Crippen LogP contribution is -2.56. The Morgan fingerprint density at radius 2 is 1.60 bits per heavy atom. The van der Waals surface area contributed by atoms with Crippen LogP contribution in [0.1, 0.15) is 92.9 Å². The summed E-state index contributed by atoms with van der Waals surface area (Å²) in [5.74, 6) is 5.68. The highest BCUT2D eigenvalue weighted by Gasteiger charge is 2.62. The zero-order valence-electron chi connectivity index (χ0n) is 20.3. The minimum absolute atomic E-state index is 0.211. The first-order chi connectivity index (χ1) is 14.1. The molecule has 4 fully saturated rings. The Morgan fingerprint density at radius 3 is 2.30 bits per heavy atom. The van der Waals surface area contributed by atoms with Crippen molar-refractivity contribution in [1.82, 2.24) is 0 Å². The van der Waals surface area contributed by atoms with Gasteiger partial charge in [0.1, 0.15) is 5.78 Å². The van der Waals surface area contributed by atoms with Gasteiger partial charge in [0, 0.05) is 17.7 Å². The SMILES string of the molecule is CC(C)C(C)C=CC(C)C1CCC2C3CC(=O)C4CC(Cl)CCC4(C)C3CCC12C. The summed E-state index contributed by atoms with van der Waals surface area (Å²) in [6.45, 7) is 14.5. The second kappa shape index (κ2) is 8.24. The van der Waals surface area contributed by atoms with E-state index in [1.54, 1.807) is 0 Å². The molecule has 0 bridgehead atoms. The van der Waals surface area contributed by atoms with Crippen molar-refractivity contribution < 1.29 is 4.79 Å². The van der Waals surface area contributed by atoms with Gasteiger partial charge in [-0.3, -0.25) is 4.79 Å². The van der Waals surface area contributed by atoms with Crippen molar-refractivity contribution in [3.63, 3.8) is 0 Å². The molecule has 0 heterocycles. The van der Waals surface area contributed by atoms with Gasteiger partial charge < -0.3 is 0 Å². The van der Waals surface area contributed by atoms with Gasteiger partial charge in [-0.2, -0.15) is 0 Å². The smallest absolute Gasteiger partial charge is 0.136 e. The van der Waals surface area contributed by atoms with E-state index in [0.717, 1.165) is 43.4 Å². The summed E-state index contributed by atoms with van der Waals surface area (Å²) in [5, 5.41) is 0.217. The number of allylic oxidation sites excluding steroid dienone is 2. The molecule has 0 radical (unpaired) electrons. The number of rotatable bonds is 4. The average molecular weight is 433 g/mol. The first-order valence-electron chi connectivity index (χ1n) is 12.9. The van der Waals surface area contributed by atoms with Crippen molar-refractivity contribution in [1.29, 1.82) is 0 Å². The van der Waals surface area contributed by atoms with E-state index in [2.05, 4.69) is 53.7 Å². The minimum Gasteiger partial charge on any atom is -0.299 e. The van der Waals surface area contributed by atoms with Gasteiger partial charge in [-0.25, -0.2) is 0 Å². The Kier molecular flexibility index (Phi) is 6.28. The number of carbonyl (C=O) groups excluding carboxylic acids is 1. The van der Waals surface area contributed by atoms with Gasteiger partial charge in [-0.05, 0) is 97.2 Å². The molecule has 10 unspecified atom stereocenters. The molecule has 1 nitrogen and oxygen atoms in total. The quantitative estimate of drug-likeness (QED) is 0.325. The van der Waals surface area contributed by atoms with Crippen molar-refractivity contribution in [3.05, 3.63) is 12.2 Å². The molecule has 2 heteroatoms. The summed E-state index contributed by atoms with van der Waals surface area (Å²) in [6, 6.07) is 0. The molecular weight excluding hydrogens is 388 g/mol. The van der Waals surface area contributed by atoms with Gasteiger partial charge in [-0.1, -0.05) is 53.7 Å². The molecule has 0 aromatic carbocycles. The van der Waals surface area contributed by atoms with Gasteiger partial charge in [0.05, 0.1) is 0 Å². The molecule has 0 aliphatic heterocycles. The third-order valence-corrected chi connectivity index (χ3v) is 11.3. The first-order valence-corrected chi connectivity index (χ1v) is 13.4. The number of halogens is 1. The largest absolute Gasteiger partial charge is 0.299 e. The highest BCUT2D eigenvalue weighted by atomic mass is 35.5. The Hall–Kier alpha value is -0.300. The van der Waals surface area contributed by atoms with E-state index in [-0.39, 0.29) is 16.7 Å². The van der Waals surface area contributed by atoms with E-state index < -0.39 is 0 Å². The zero-order chi connectivity index (χ0) is 21.8. The maximum atomic E-state index is 13.3. The zero-order valence-corrected chi connectivity index (χ0v) is 21.0. The maximum Gasteiger partial charge on any atom is 0.136 e. The fourth-order valence-electron chi connectivity index (χ4n) is 8.60. The number of ketones is 1. The van der Waals surface area contributed by atoms with Crippen LogP contribution in [0, 0.1) is 58.2 Å². The lowest BCUT2D eigenvalue weighted by atomic mass is 9.44. The molecule has 170 valence electrons. The lowest BCUT2D eigenvalue weighted by molar-refractivity contribution is -0.153. The lowest BCUT2D eigenvalue weighted by Gasteiger charge is -2.60. The van der Waals surface area contributed by atoms with Gasteiger partial charge in [-0.15, -0.1) is 11.6 Å². The maximum absolute atomic E-state index is 13.3. The molecule has 0 aromatic heterocycles. The van der Waals surface area contributed by atoms with Crippen LogP contribution in [0.2, 0.25) is 0 Å². The Morgan fingerprint density at radius 1 is 0.933 bits per heavy atom. The number of alkyl halides is 1. The topological polar surface area (TPSA) is 17.1 Å². The highest BCUT2D eigenvalue weighted by molar-refractivity contribution is 6.20. The molecule has 10 atom stereocenters. The normalized spacial score (nSPS) is 48.3. The van der Waals surface area contributed by atoms with Crippen LogP contribution in [0.3, 0.4) is 0 Å². The van der Waals surface area contributed by atoms with Crippen LogP contribution in [0.5, 0.6) is 0 Å². The van der Waals surface area contributed by atoms with E-state index in [4.69, 9.17) is 11.6 Å². The molecule has 4 aliphatic carbocycles. The molecule has 0 saturated heterocycles. The molecule has 4 aliphatic rings. The molecular formula is C28H45ClO. The van der Waals surface area contributed by atoms with Crippen molar-refractivity contribution >= 4 is 17.4 Å². The monoisotopic (exact) mass is 432 g/mol. The Labute approximate surface area is 190 Å². The van der Waals surface area contributed by atoms with E-state index in [9.17, 15) is 4.79 Å². The van der Waals surface area contributed by atoms with Gasteiger partial charge in [0.25, 0.3) is 0 Å². The molecule has 0 N–H and O–H groups in total. The second-order valence-electron chi connectivity index (χ2n) is 12.6. The summed E-state index contributed by atoms with van der Waals surface area (Å²) >= 11 is 6.52. The van der Waals surface area contributed by atoms with Gasteiger partial charge in [0.15, 0.2) is 0 Å². The van der Waals surface area contributed by atoms with Gasteiger partial charge in [0.2, 0.25) is 0 Å². The fraction of sp³-hybridized carbons (Fsp3) is 0.893. The second-order valence-corrected chi connectivity index (χ2v) is 13.2. The molecule has 4 saturated carbocycles. The highest BCUT2D eigenvalue weighted by Crippen LogP contribution is 2.67. The van der Waals surface area contributed by atoms with E-state index in [0.29, 0.717) is 34.9 Å². The number of hydrogen-bond donors (Lipinski definition) is 0. The van der Waals surface area contributed by atoms with Crippen LogP contribution in [0.15, 0.2) is 12.2 Å². The Bertz CT molecular complexity index is 682. The standard InChI is InChI=1S/C28H45ClO/c1-17(2)18(3)7-8-19(4)22-9-10-23-21-16-26(30)25-15-20(29)11-13-28(25,6)24(21)12-14-27(22,23)5/h7-8,17-25H,9-16H2,1-6H3. The molecule has 30 heavy (non-hydrogen) atoms. The number of fused-ring (bicyclic) bond motifs is 5. The summed E-state index contributed by atoms with van der Waals surface area (Å²) in [5.41, 5.74) is 0.627. The summed E-state index contributed by atoms with van der Waals surface area (Å²) in [7, 11) is 0. The van der Waals surface area contributed by atoms with Crippen molar-refractivity contribution in [2.45, 2.75) is 98.3 Å². The third-order valence-electron chi connectivity index (χ3n) is 10.9. The number of Topliss-reactive ketones (excluding diaryl/α,β-unsaturated/α-hetero) is 1. The molecule has 4 rings (SSSR count). The van der Waals surface area contributed by atoms with E-state index in [1.807, 2.05) is 0 Å². The van der Waals surface area contributed by atoms with Crippen molar-refractivity contribution in [3.8, 4) is 0 Å². The molecule has 0 spiro atoms. The summed E-state index contributed by atoms with van der Waals surface area (Å²) in [6.07, 6.45) is 14.4. The van der Waals surface area contributed by atoms with Crippen LogP contribution >= 0.6 is 11.6 Å². The van der Waals surface area contributed by atoms with E-state index in [1.165, 1.54) is 25.7 Å². The predicted octanol–water partition coefficient (Wildman–Crippen LogP) is 7.92. The van der Waals surface area contributed by atoms with Crippen LogP contribution in [-0.2, 0) is 4.79 Å². The van der Waals surface area contributed by atoms with E-state index >= 15 is 0 Å². The van der Waals surface area contributed by atoms with Crippen LogP contribution in [0.25, 0.3) is 0 Å². The Balaban J connectivity index is 1.54. The number of carbonyl (C=O) groups is 1. The fourth-order valence-corrected chi connectivity index (χ4v) is 8.89. The van der Waals surface area contributed by atoms with Crippen LogP contribution in [0.4, 0.5) is 0 Å². The predicted molar refractivity (Wildman–Crippen MR) is 128 cm³/mol. The summed E-state index contributed by atoms with van der Waals surface area (Å²) in [4.78, 5) is 13.3. The first kappa shape index (κ1) is 22.9. The average Bonchev–Trinajstić information content (AvgIpc) is 3.04. The number of hydrogen-bond acceptors (Lipinski definition) is 1. The van der Waals surface area contributed by atoms with Crippen LogP contribution in [-0.4, -0.2) is 11.2 Å². The van der Waals surface area contributed by atoms with Crippen molar-refractivity contribution in [2.24, 2.45) is 58.2 Å². The van der Waals surface area contributed by atoms with Crippen LogP contribution < -0.4 is 0 Å².